The first-order chi connectivity index (χ1) is 13.5. The summed E-state index contributed by atoms with van der Waals surface area (Å²) in [6.07, 6.45) is -1.06. The van der Waals surface area contributed by atoms with Gasteiger partial charge in [0.05, 0.1) is 11.3 Å². The van der Waals surface area contributed by atoms with E-state index in [0.29, 0.717) is 21.3 Å². The first kappa shape index (κ1) is 19.5. The van der Waals surface area contributed by atoms with Gasteiger partial charge in [-0.05, 0) is 31.2 Å². The van der Waals surface area contributed by atoms with E-state index < -0.39 is 18.0 Å². The van der Waals surface area contributed by atoms with Gasteiger partial charge in [-0.2, -0.15) is 5.26 Å². The summed E-state index contributed by atoms with van der Waals surface area (Å²) < 4.78 is 5.20. The fourth-order valence-corrected chi connectivity index (χ4v) is 3.30. The van der Waals surface area contributed by atoms with Gasteiger partial charge >= 0.3 is 5.97 Å². The molecule has 1 heterocycles. The van der Waals surface area contributed by atoms with Crippen molar-refractivity contribution in [3.05, 3.63) is 70.2 Å². The van der Waals surface area contributed by atoms with Gasteiger partial charge in [-0.25, -0.2) is 9.78 Å². The number of thiazole rings is 1. The first-order valence-electron chi connectivity index (χ1n) is 8.20. The molecule has 6 nitrogen and oxygen atoms in total. The Morgan fingerprint density at radius 3 is 2.79 bits per heavy atom. The molecule has 0 radical (unpaired) electrons. The average Bonchev–Trinajstić information content (AvgIpc) is 3.19. The van der Waals surface area contributed by atoms with Gasteiger partial charge in [0.2, 0.25) is 0 Å². The van der Waals surface area contributed by atoms with E-state index in [0.717, 1.165) is 5.56 Å². The Hall–Kier alpha value is -3.21. The Morgan fingerprint density at radius 1 is 1.25 bits per heavy atom. The number of ether oxygens (including phenoxy) is 1. The van der Waals surface area contributed by atoms with Gasteiger partial charge in [0.25, 0.3) is 5.91 Å². The molecule has 3 aromatic rings. The Balaban J connectivity index is 1.66. The molecule has 0 saturated carbocycles. The van der Waals surface area contributed by atoms with Gasteiger partial charge in [-0.3, -0.25) is 4.79 Å². The number of hydrogen-bond acceptors (Lipinski definition) is 6. The van der Waals surface area contributed by atoms with E-state index in [9.17, 15) is 9.59 Å². The highest BCUT2D eigenvalue weighted by molar-refractivity contribution is 7.13. The SMILES string of the molecule is C[C@@H](OC(=O)c1csc(-c2cccc(Cl)c2)n1)C(=O)Nc1ccccc1C#N. The summed E-state index contributed by atoms with van der Waals surface area (Å²) in [6, 6.07) is 15.7. The van der Waals surface area contributed by atoms with Gasteiger partial charge in [-0.1, -0.05) is 35.9 Å². The Kier molecular flexibility index (Phi) is 6.04. The number of amides is 1. The van der Waals surface area contributed by atoms with E-state index in [1.54, 1.807) is 47.8 Å². The monoisotopic (exact) mass is 411 g/mol. The van der Waals surface area contributed by atoms with Crippen molar-refractivity contribution < 1.29 is 14.3 Å². The summed E-state index contributed by atoms with van der Waals surface area (Å²) >= 11 is 7.25. The van der Waals surface area contributed by atoms with Crippen molar-refractivity contribution in [3.8, 4) is 16.6 Å². The highest BCUT2D eigenvalue weighted by Gasteiger charge is 2.22. The lowest BCUT2D eigenvalue weighted by atomic mass is 10.2. The number of nitrogens with one attached hydrogen (secondary N) is 1. The van der Waals surface area contributed by atoms with Crippen molar-refractivity contribution in [2.75, 3.05) is 5.32 Å². The lowest BCUT2D eigenvalue weighted by Gasteiger charge is -2.13. The van der Waals surface area contributed by atoms with E-state index in [-0.39, 0.29) is 5.69 Å². The summed E-state index contributed by atoms with van der Waals surface area (Å²) in [7, 11) is 0. The molecule has 0 spiro atoms. The molecule has 1 N–H and O–H groups in total. The zero-order chi connectivity index (χ0) is 20.1. The van der Waals surface area contributed by atoms with Crippen molar-refractivity contribution in [1.29, 1.82) is 5.26 Å². The third-order valence-corrected chi connectivity index (χ3v) is 4.87. The molecule has 28 heavy (non-hydrogen) atoms. The van der Waals surface area contributed by atoms with Crippen LogP contribution < -0.4 is 5.32 Å². The number of hydrogen-bond donors (Lipinski definition) is 1. The molecule has 0 aliphatic rings. The van der Waals surface area contributed by atoms with Crippen LogP contribution in [-0.2, 0) is 9.53 Å². The highest BCUT2D eigenvalue weighted by atomic mass is 35.5. The van der Waals surface area contributed by atoms with Crippen molar-refractivity contribution >= 4 is 40.5 Å². The minimum Gasteiger partial charge on any atom is -0.448 e. The van der Waals surface area contributed by atoms with Crippen LogP contribution >= 0.6 is 22.9 Å². The fourth-order valence-electron chi connectivity index (χ4n) is 2.32. The Morgan fingerprint density at radius 2 is 2.04 bits per heavy atom. The van der Waals surface area contributed by atoms with Crippen LogP contribution in [0.5, 0.6) is 0 Å². The molecule has 0 bridgehead atoms. The van der Waals surface area contributed by atoms with Crippen molar-refractivity contribution in [2.24, 2.45) is 0 Å². The molecule has 8 heteroatoms. The number of benzene rings is 2. The second-order valence-corrected chi connectivity index (χ2v) is 7.04. The molecule has 1 atom stereocenters. The van der Waals surface area contributed by atoms with Crippen LogP contribution in [0.25, 0.3) is 10.6 Å². The number of nitrogens with zero attached hydrogens (tertiary/aromatic N) is 2. The second-order valence-electron chi connectivity index (χ2n) is 5.74. The van der Waals surface area contributed by atoms with Gasteiger partial charge in [-0.15, -0.1) is 11.3 Å². The van der Waals surface area contributed by atoms with E-state index >= 15 is 0 Å². The van der Waals surface area contributed by atoms with Crippen molar-refractivity contribution in [1.82, 2.24) is 4.98 Å². The lowest BCUT2D eigenvalue weighted by Crippen LogP contribution is -2.30. The number of rotatable bonds is 5. The molecule has 0 aliphatic heterocycles. The number of esters is 1. The molecule has 0 unspecified atom stereocenters. The first-order valence-corrected chi connectivity index (χ1v) is 9.46. The van der Waals surface area contributed by atoms with Crippen LogP contribution in [0.2, 0.25) is 5.02 Å². The van der Waals surface area contributed by atoms with E-state index in [1.165, 1.54) is 18.3 Å². The number of aromatic nitrogens is 1. The number of carbonyl (C=O) groups is 2. The maximum Gasteiger partial charge on any atom is 0.358 e. The number of carbonyl (C=O) groups excluding carboxylic acids is 2. The minimum atomic E-state index is -1.06. The highest BCUT2D eigenvalue weighted by Crippen LogP contribution is 2.26. The van der Waals surface area contributed by atoms with Crippen LogP contribution in [0.1, 0.15) is 23.0 Å². The molecule has 1 amide bonds. The summed E-state index contributed by atoms with van der Waals surface area (Å²) in [6.45, 7) is 1.45. The Bertz CT molecular complexity index is 1070. The Labute approximate surface area is 170 Å². The maximum absolute atomic E-state index is 12.3. The van der Waals surface area contributed by atoms with Gasteiger partial charge < -0.3 is 10.1 Å². The van der Waals surface area contributed by atoms with Crippen LogP contribution in [0.4, 0.5) is 5.69 Å². The number of nitriles is 1. The molecule has 1 aromatic heterocycles. The summed E-state index contributed by atoms with van der Waals surface area (Å²) in [4.78, 5) is 28.8. The van der Waals surface area contributed by atoms with Gasteiger partial charge in [0.15, 0.2) is 11.8 Å². The summed E-state index contributed by atoms with van der Waals surface area (Å²) in [5.41, 5.74) is 1.57. The molecule has 0 aliphatic carbocycles. The largest absolute Gasteiger partial charge is 0.448 e. The van der Waals surface area contributed by atoms with Crippen molar-refractivity contribution in [3.63, 3.8) is 0 Å². The van der Waals surface area contributed by atoms with Crippen LogP contribution in [0.15, 0.2) is 53.9 Å². The number of halogens is 1. The van der Waals surface area contributed by atoms with Gasteiger partial charge in [0.1, 0.15) is 11.1 Å². The predicted octanol–water partition coefficient (Wildman–Crippen LogP) is 4.52. The molecule has 0 fully saturated rings. The fraction of sp³-hybridized carbons (Fsp3) is 0.100. The summed E-state index contributed by atoms with van der Waals surface area (Å²) in [5.74, 6) is -1.25. The van der Waals surface area contributed by atoms with Crippen LogP contribution in [-0.4, -0.2) is 23.0 Å². The normalized spacial score (nSPS) is 11.3. The van der Waals surface area contributed by atoms with Crippen LogP contribution in [0.3, 0.4) is 0 Å². The van der Waals surface area contributed by atoms with Gasteiger partial charge in [0, 0.05) is 16.0 Å². The standard InChI is InChI=1S/C20H14ClN3O3S/c1-12(18(25)23-16-8-3-2-5-14(16)10-22)27-20(26)17-11-28-19(24-17)13-6-4-7-15(21)9-13/h2-9,11-12H,1H3,(H,23,25)/t12-/m1/s1. The number of para-hydroxylation sites is 1. The van der Waals surface area contributed by atoms with Crippen LogP contribution in [0, 0.1) is 11.3 Å². The molecule has 2 aromatic carbocycles. The molecular formula is C20H14ClN3O3S. The number of anilines is 1. The maximum atomic E-state index is 12.3. The molecule has 3 rings (SSSR count). The second kappa shape index (κ2) is 8.65. The smallest absolute Gasteiger partial charge is 0.358 e. The third-order valence-electron chi connectivity index (χ3n) is 3.74. The van der Waals surface area contributed by atoms with Crippen molar-refractivity contribution in [2.45, 2.75) is 13.0 Å². The third kappa shape index (κ3) is 4.55. The van der Waals surface area contributed by atoms with E-state index in [1.807, 2.05) is 12.1 Å². The average molecular weight is 412 g/mol. The zero-order valence-electron chi connectivity index (χ0n) is 14.7. The summed E-state index contributed by atoms with van der Waals surface area (Å²) in [5, 5.41) is 14.4. The topological polar surface area (TPSA) is 92.1 Å². The zero-order valence-corrected chi connectivity index (χ0v) is 16.3. The minimum absolute atomic E-state index is 0.108. The molecule has 0 saturated heterocycles. The quantitative estimate of drug-likeness (QED) is 0.623. The van der Waals surface area contributed by atoms with E-state index in [2.05, 4.69) is 10.3 Å². The lowest BCUT2D eigenvalue weighted by molar-refractivity contribution is -0.123. The van der Waals surface area contributed by atoms with E-state index in [4.69, 9.17) is 21.6 Å². The molecule has 140 valence electrons. The predicted molar refractivity (Wildman–Crippen MR) is 107 cm³/mol. The molecular weight excluding hydrogens is 398 g/mol.